The van der Waals surface area contributed by atoms with Gasteiger partial charge in [-0.3, -0.25) is 14.5 Å². The molecule has 0 bridgehead atoms. The fraction of sp³-hybridized carbons (Fsp3) is 0.448. The zero-order valence-electron chi connectivity index (χ0n) is 21.2. The van der Waals surface area contributed by atoms with Crippen molar-refractivity contribution >= 4 is 17.4 Å². The van der Waals surface area contributed by atoms with Crippen molar-refractivity contribution < 1.29 is 24.2 Å². The predicted octanol–water partition coefficient (Wildman–Crippen LogP) is 4.32. The van der Waals surface area contributed by atoms with Gasteiger partial charge >= 0.3 is 0 Å². The first-order valence-electron chi connectivity index (χ1n) is 12.9. The van der Waals surface area contributed by atoms with Crippen molar-refractivity contribution in [3.63, 3.8) is 0 Å². The van der Waals surface area contributed by atoms with E-state index < -0.39 is 17.7 Å². The van der Waals surface area contributed by atoms with Gasteiger partial charge in [0, 0.05) is 31.7 Å². The van der Waals surface area contributed by atoms with E-state index in [9.17, 15) is 14.7 Å². The molecule has 1 unspecified atom stereocenters. The number of ether oxygens (including phenoxy) is 2. The van der Waals surface area contributed by atoms with Crippen molar-refractivity contribution in [1.82, 2.24) is 9.80 Å². The number of Topliss-reactive ketones (excluding diaryl/α,β-unsaturated/α-hetero) is 1. The van der Waals surface area contributed by atoms with Crippen LogP contribution in [-0.2, 0) is 14.3 Å². The van der Waals surface area contributed by atoms with Gasteiger partial charge in [-0.05, 0) is 49.6 Å². The van der Waals surface area contributed by atoms with Crippen LogP contribution in [0.3, 0.4) is 0 Å². The second-order valence-corrected chi connectivity index (χ2v) is 9.44. The van der Waals surface area contributed by atoms with E-state index in [1.807, 2.05) is 31.2 Å². The number of amides is 1. The third-order valence-corrected chi connectivity index (χ3v) is 6.80. The van der Waals surface area contributed by atoms with Crippen molar-refractivity contribution in [2.75, 3.05) is 46.0 Å². The van der Waals surface area contributed by atoms with Gasteiger partial charge in [0.15, 0.2) is 0 Å². The average molecular weight is 493 g/mol. The van der Waals surface area contributed by atoms with Crippen LogP contribution in [-0.4, -0.2) is 72.6 Å². The summed E-state index contributed by atoms with van der Waals surface area (Å²) in [7, 11) is 0. The van der Waals surface area contributed by atoms with Crippen LogP contribution in [0, 0.1) is 6.92 Å². The standard InChI is InChI=1S/C29H36N2O5/c1-3-4-18-36-24-12-10-23(11-13-24)27(32)25-26(22-8-6-21(2)7-9-22)31(29(34)28(25)33)15-5-14-30-16-19-35-20-17-30/h6-13,26,32H,3-5,14-20H2,1-2H3/b27-25+. The topological polar surface area (TPSA) is 79.3 Å². The van der Waals surface area contributed by atoms with Gasteiger partial charge in [-0.25, -0.2) is 0 Å². The number of morpholine rings is 1. The van der Waals surface area contributed by atoms with E-state index in [0.29, 0.717) is 24.5 Å². The Morgan fingerprint density at radius 1 is 1.00 bits per heavy atom. The van der Waals surface area contributed by atoms with E-state index in [4.69, 9.17) is 9.47 Å². The van der Waals surface area contributed by atoms with Gasteiger partial charge < -0.3 is 19.5 Å². The maximum Gasteiger partial charge on any atom is 0.295 e. The lowest BCUT2D eigenvalue weighted by Crippen LogP contribution is -2.38. The summed E-state index contributed by atoms with van der Waals surface area (Å²) in [6.07, 6.45) is 2.75. The third kappa shape index (κ3) is 5.97. The van der Waals surface area contributed by atoms with Gasteiger partial charge in [-0.1, -0.05) is 43.2 Å². The van der Waals surface area contributed by atoms with Crippen molar-refractivity contribution in [3.05, 3.63) is 70.8 Å². The molecule has 0 saturated carbocycles. The highest BCUT2D eigenvalue weighted by Gasteiger charge is 2.45. The summed E-state index contributed by atoms with van der Waals surface area (Å²) < 4.78 is 11.1. The Kier molecular flexibility index (Phi) is 8.78. The number of carbonyl (C=O) groups is 2. The molecule has 2 aliphatic heterocycles. The molecule has 2 aromatic carbocycles. The van der Waals surface area contributed by atoms with Gasteiger partial charge in [0.25, 0.3) is 11.7 Å². The number of rotatable bonds is 10. The Balaban J connectivity index is 1.60. The van der Waals surface area contributed by atoms with Gasteiger partial charge in [0.1, 0.15) is 11.5 Å². The molecule has 192 valence electrons. The minimum absolute atomic E-state index is 0.134. The van der Waals surface area contributed by atoms with E-state index in [1.165, 1.54) is 0 Å². The normalized spacial score (nSPS) is 20.2. The van der Waals surface area contributed by atoms with Gasteiger partial charge in [-0.2, -0.15) is 0 Å². The quantitative estimate of drug-likeness (QED) is 0.230. The summed E-state index contributed by atoms with van der Waals surface area (Å²) in [4.78, 5) is 30.3. The monoisotopic (exact) mass is 492 g/mol. The Labute approximate surface area is 213 Å². The summed E-state index contributed by atoms with van der Waals surface area (Å²) in [5.74, 6) is -0.662. The molecule has 1 atom stereocenters. The van der Waals surface area contributed by atoms with Crippen LogP contribution in [0.15, 0.2) is 54.1 Å². The maximum absolute atomic E-state index is 13.2. The summed E-state index contributed by atoms with van der Waals surface area (Å²) in [6, 6.07) is 14.2. The first-order chi connectivity index (χ1) is 17.5. The number of hydrogen-bond acceptors (Lipinski definition) is 6. The van der Waals surface area contributed by atoms with E-state index >= 15 is 0 Å². The number of hydrogen-bond donors (Lipinski definition) is 1. The fourth-order valence-electron chi connectivity index (χ4n) is 4.69. The summed E-state index contributed by atoms with van der Waals surface area (Å²) >= 11 is 0. The number of carbonyl (C=O) groups excluding carboxylic acids is 2. The number of aryl methyl sites for hydroxylation is 1. The van der Waals surface area contributed by atoms with Crippen LogP contribution in [0.2, 0.25) is 0 Å². The molecule has 7 heteroatoms. The minimum atomic E-state index is -0.646. The zero-order chi connectivity index (χ0) is 25.5. The Bertz CT molecular complexity index is 1070. The second kappa shape index (κ2) is 12.2. The second-order valence-electron chi connectivity index (χ2n) is 9.44. The van der Waals surface area contributed by atoms with Crippen molar-refractivity contribution in [2.24, 2.45) is 0 Å². The Morgan fingerprint density at radius 2 is 1.69 bits per heavy atom. The van der Waals surface area contributed by atoms with E-state index in [2.05, 4.69) is 11.8 Å². The smallest absolute Gasteiger partial charge is 0.295 e. The molecule has 4 rings (SSSR count). The molecule has 0 aliphatic carbocycles. The molecule has 1 N–H and O–H groups in total. The number of likely N-dealkylation sites (tertiary alicyclic amines) is 1. The molecule has 0 aromatic heterocycles. The Hall–Kier alpha value is -3.16. The highest BCUT2D eigenvalue weighted by atomic mass is 16.5. The average Bonchev–Trinajstić information content (AvgIpc) is 3.15. The number of aliphatic hydroxyl groups is 1. The predicted molar refractivity (Wildman–Crippen MR) is 139 cm³/mol. The van der Waals surface area contributed by atoms with Gasteiger partial charge in [0.2, 0.25) is 0 Å². The van der Waals surface area contributed by atoms with Crippen LogP contribution in [0.25, 0.3) is 5.76 Å². The SMILES string of the molecule is CCCCOc1ccc(/C(O)=C2\C(=O)C(=O)N(CCCN3CCOCC3)C2c2ccc(C)cc2)cc1. The lowest BCUT2D eigenvalue weighted by molar-refractivity contribution is -0.140. The minimum Gasteiger partial charge on any atom is -0.507 e. The molecule has 36 heavy (non-hydrogen) atoms. The molecule has 2 fully saturated rings. The molecule has 2 aliphatic rings. The molecule has 0 radical (unpaired) electrons. The lowest BCUT2D eigenvalue weighted by Gasteiger charge is -2.29. The maximum atomic E-state index is 13.2. The number of ketones is 1. The first-order valence-corrected chi connectivity index (χ1v) is 12.9. The number of benzene rings is 2. The highest BCUT2D eigenvalue weighted by Crippen LogP contribution is 2.39. The van der Waals surface area contributed by atoms with Crippen LogP contribution in [0.4, 0.5) is 0 Å². The van der Waals surface area contributed by atoms with Crippen molar-refractivity contribution in [1.29, 1.82) is 0 Å². The third-order valence-electron chi connectivity index (χ3n) is 6.80. The zero-order valence-corrected chi connectivity index (χ0v) is 21.2. The molecule has 0 spiro atoms. The molecule has 2 aromatic rings. The van der Waals surface area contributed by atoms with Crippen LogP contribution in [0.1, 0.15) is 48.9 Å². The number of aliphatic hydroxyl groups excluding tert-OH is 1. The van der Waals surface area contributed by atoms with Crippen LogP contribution in [0.5, 0.6) is 5.75 Å². The van der Waals surface area contributed by atoms with E-state index in [-0.39, 0.29) is 11.3 Å². The summed E-state index contributed by atoms with van der Waals surface area (Å²) in [5.41, 5.74) is 2.52. The van der Waals surface area contributed by atoms with Crippen LogP contribution >= 0.6 is 0 Å². The van der Waals surface area contributed by atoms with Gasteiger partial charge in [-0.15, -0.1) is 0 Å². The van der Waals surface area contributed by atoms with Crippen molar-refractivity contribution in [2.45, 2.75) is 39.2 Å². The highest BCUT2D eigenvalue weighted by molar-refractivity contribution is 6.46. The molecule has 2 saturated heterocycles. The number of unbranched alkanes of at least 4 members (excludes halogenated alkanes) is 1. The summed E-state index contributed by atoms with van der Waals surface area (Å²) in [5, 5.41) is 11.3. The van der Waals surface area contributed by atoms with Gasteiger partial charge in [0.05, 0.1) is 31.4 Å². The molecule has 1 amide bonds. The molecular weight excluding hydrogens is 456 g/mol. The first kappa shape index (κ1) is 25.9. The van der Waals surface area contributed by atoms with E-state index in [1.54, 1.807) is 29.2 Å². The van der Waals surface area contributed by atoms with Crippen LogP contribution < -0.4 is 4.74 Å². The number of nitrogens with zero attached hydrogens (tertiary/aromatic N) is 2. The molecule has 7 nitrogen and oxygen atoms in total. The lowest BCUT2D eigenvalue weighted by atomic mass is 9.94. The van der Waals surface area contributed by atoms with Crippen molar-refractivity contribution in [3.8, 4) is 5.75 Å². The largest absolute Gasteiger partial charge is 0.507 e. The fourth-order valence-corrected chi connectivity index (χ4v) is 4.69. The molecule has 2 heterocycles. The van der Waals surface area contributed by atoms with E-state index in [0.717, 1.165) is 63.2 Å². The Morgan fingerprint density at radius 3 is 2.36 bits per heavy atom. The summed E-state index contributed by atoms with van der Waals surface area (Å²) in [6.45, 7) is 9.17. The molecular formula is C29H36N2O5.